The topological polar surface area (TPSA) is 46.3 Å². The minimum absolute atomic E-state index is 0.245. The number of carbonyl (C=O) groups excluding carboxylic acids is 1. The van der Waals surface area contributed by atoms with E-state index in [0.29, 0.717) is 12.0 Å². The van der Waals surface area contributed by atoms with Gasteiger partial charge in [-0.05, 0) is 25.2 Å². The third-order valence-corrected chi connectivity index (χ3v) is 3.13. The molecule has 1 heterocycles. The monoisotopic (exact) mass is 184 g/mol. The number of hydrogen-bond donors (Lipinski definition) is 1. The lowest BCUT2D eigenvalue weighted by Gasteiger charge is -2.37. The van der Waals surface area contributed by atoms with Crippen molar-refractivity contribution in [3.8, 4) is 0 Å². The van der Waals surface area contributed by atoms with Crippen molar-refractivity contribution < 1.29 is 4.79 Å². The van der Waals surface area contributed by atoms with E-state index in [1.54, 1.807) is 0 Å². The van der Waals surface area contributed by atoms with E-state index in [9.17, 15) is 4.79 Å². The van der Waals surface area contributed by atoms with Gasteiger partial charge in [0.2, 0.25) is 0 Å². The summed E-state index contributed by atoms with van der Waals surface area (Å²) in [5.41, 5.74) is 5.34. The van der Waals surface area contributed by atoms with Crippen molar-refractivity contribution in [2.45, 2.75) is 45.6 Å². The van der Waals surface area contributed by atoms with E-state index in [2.05, 4.69) is 13.8 Å². The average Bonchev–Trinajstić information content (AvgIpc) is 2.16. The van der Waals surface area contributed by atoms with Crippen molar-refractivity contribution in [2.75, 3.05) is 6.54 Å². The van der Waals surface area contributed by atoms with E-state index in [0.717, 1.165) is 25.8 Å². The number of hydrogen-bond acceptors (Lipinski definition) is 1. The summed E-state index contributed by atoms with van der Waals surface area (Å²) in [4.78, 5) is 13.0. The average molecular weight is 184 g/mol. The SMILES string of the molecule is CCC(C)C1CCCCN1C(N)=O. The molecule has 1 saturated heterocycles. The van der Waals surface area contributed by atoms with Gasteiger partial charge in [-0.3, -0.25) is 0 Å². The molecular formula is C10H20N2O. The fourth-order valence-electron chi connectivity index (χ4n) is 2.09. The van der Waals surface area contributed by atoms with Gasteiger partial charge >= 0.3 is 6.03 Å². The van der Waals surface area contributed by atoms with Crippen LogP contribution in [-0.2, 0) is 0 Å². The number of piperidine rings is 1. The second-order valence-corrected chi connectivity index (χ2v) is 3.98. The standard InChI is InChI=1S/C10H20N2O/c1-3-8(2)9-6-4-5-7-12(9)10(11)13/h8-9H,3-7H2,1-2H3,(H2,11,13). The van der Waals surface area contributed by atoms with Crippen molar-refractivity contribution in [3.63, 3.8) is 0 Å². The highest BCUT2D eigenvalue weighted by Gasteiger charge is 2.28. The molecule has 0 aromatic heterocycles. The first-order chi connectivity index (χ1) is 6.16. The van der Waals surface area contributed by atoms with Gasteiger partial charge in [-0.15, -0.1) is 0 Å². The smallest absolute Gasteiger partial charge is 0.315 e. The van der Waals surface area contributed by atoms with Crippen LogP contribution in [0.3, 0.4) is 0 Å². The van der Waals surface area contributed by atoms with Crippen LogP contribution in [0.2, 0.25) is 0 Å². The third kappa shape index (κ3) is 2.36. The molecule has 76 valence electrons. The second kappa shape index (κ2) is 4.49. The lowest BCUT2D eigenvalue weighted by Crippen LogP contribution is -2.49. The van der Waals surface area contributed by atoms with Crippen molar-refractivity contribution in [1.29, 1.82) is 0 Å². The van der Waals surface area contributed by atoms with Crippen LogP contribution in [0.1, 0.15) is 39.5 Å². The largest absolute Gasteiger partial charge is 0.351 e. The summed E-state index contributed by atoms with van der Waals surface area (Å²) in [5, 5.41) is 0. The molecule has 3 heteroatoms. The fourth-order valence-corrected chi connectivity index (χ4v) is 2.09. The van der Waals surface area contributed by atoms with E-state index in [-0.39, 0.29) is 6.03 Å². The molecule has 1 aliphatic rings. The Kier molecular flexibility index (Phi) is 3.58. The molecule has 1 rings (SSSR count). The van der Waals surface area contributed by atoms with Crippen molar-refractivity contribution in [3.05, 3.63) is 0 Å². The summed E-state index contributed by atoms with van der Waals surface area (Å²) in [6, 6.07) is 0.140. The molecule has 2 atom stereocenters. The predicted octanol–water partition coefficient (Wildman–Crippen LogP) is 1.97. The molecular weight excluding hydrogens is 164 g/mol. The van der Waals surface area contributed by atoms with Gasteiger partial charge in [0.05, 0.1) is 0 Å². The first-order valence-corrected chi connectivity index (χ1v) is 5.23. The van der Waals surface area contributed by atoms with Crippen LogP contribution >= 0.6 is 0 Å². The molecule has 3 nitrogen and oxygen atoms in total. The minimum atomic E-state index is -0.245. The van der Waals surface area contributed by atoms with E-state index >= 15 is 0 Å². The molecule has 13 heavy (non-hydrogen) atoms. The van der Waals surface area contributed by atoms with Gasteiger partial charge < -0.3 is 10.6 Å². The highest BCUT2D eigenvalue weighted by atomic mass is 16.2. The summed E-state index contributed by atoms with van der Waals surface area (Å²) < 4.78 is 0. The van der Waals surface area contributed by atoms with Crippen LogP contribution in [0.15, 0.2) is 0 Å². The normalized spacial score (nSPS) is 25.7. The first kappa shape index (κ1) is 10.4. The van der Waals surface area contributed by atoms with Crippen LogP contribution in [0.25, 0.3) is 0 Å². The van der Waals surface area contributed by atoms with E-state index in [1.807, 2.05) is 4.90 Å². The van der Waals surface area contributed by atoms with Crippen LogP contribution in [0.5, 0.6) is 0 Å². The second-order valence-electron chi connectivity index (χ2n) is 3.98. The molecule has 0 radical (unpaired) electrons. The van der Waals surface area contributed by atoms with Gasteiger partial charge in [0.15, 0.2) is 0 Å². The van der Waals surface area contributed by atoms with E-state index in [1.165, 1.54) is 6.42 Å². The Morgan fingerprint density at radius 2 is 2.31 bits per heavy atom. The van der Waals surface area contributed by atoms with Crippen molar-refractivity contribution in [1.82, 2.24) is 4.90 Å². The first-order valence-electron chi connectivity index (χ1n) is 5.23. The quantitative estimate of drug-likeness (QED) is 0.700. The Bertz CT molecular complexity index is 182. The maximum absolute atomic E-state index is 11.1. The number of urea groups is 1. The highest BCUT2D eigenvalue weighted by Crippen LogP contribution is 2.24. The summed E-state index contributed by atoms with van der Waals surface area (Å²) in [6.07, 6.45) is 4.58. The number of nitrogens with zero attached hydrogens (tertiary/aromatic N) is 1. The van der Waals surface area contributed by atoms with Gasteiger partial charge in [0.1, 0.15) is 0 Å². The van der Waals surface area contributed by atoms with Crippen LogP contribution in [-0.4, -0.2) is 23.5 Å². The summed E-state index contributed by atoms with van der Waals surface area (Å²) in [7, 11) is 0. The molecule has 1 aliphatic heterocycles. The summed E-state index contributed by atoms with van der Waals surface area (Å²) in [6.45, 7) is 5.22. The van der Waals surface area contributed by atoms with Gasteiger partial charge in [-0.25, -0.2) is 4.79 Å². The molecule has 0 saturated carbocycles. The van der Waals surface area contributed by atoms with Crippen molar-refractivity contribution in [2.24, 2.45) is 11.7 Å². The minimum Gasteiger partial charge on any atom is -0.351 e. The number of nitrogens with two attached hydrogens (primary N) is 1. The fraction of sp³-hybridized carbons (Fsp3) is 0.900. The zero-order chi connectivity index (χ0) is 9.84. The summed E-state index contributed by atoms with van der Waals surface area (Å²) >= 11 is 0. The Morgan fingerprint density at radius 1 is 1.62 bits per heavy atom. The molecule has 0 spiro atoms. The Hall–Kier alpha value is -0.730. The predicted molar refractivity (Wildman–Crippen MR) is 53.4 cm³/mol. The number of amides is 2. The Labute approximate surface area is 80.3 Å². The Morgan fingerprint density at radius 3 is 2.85 bits per heavy atom. The van der Waals surface area contributed by atoms with Gasteiger partial charge in [0, 0.05) is 12.6 Å². The highest BCUT2D eigenvalue weighted by molar-refractivity contribution is 5.72. The number of rotatable bonds is 2. The molecule has 2 unspecified atom stereocenters. The van der Waals surface area contributed by atoms with Crippen LogP contribution in [0.4, 0.5) is 4.79 Å². The molecule has 0 aromatic carbocycles. The lowest BCUT2D eigenvalue weighted by molar-refractivity contribution is 0.128. The van der Waals surface area contributed by atoms with Crippen LogP contribution in [0, 0.1) is 5.92 Å². The maximum Gasteiger partial charge on any atom is 0.315 e. The molecule has 0 aliphatic carbocycles. The van der Waals surface area contributed by atoms with Crippen LogP contribution < -0.4 is 5.73 Å². The molecule has 2 N–H and O–H groups in total. The molecule has 1 fully saturated rings. The number of likely N-dealkylation sites (tertiary alicyclic amines) is 1. The number of carbonyl (C=O) groups is 1. The zero-order valence-corrected chi connectivity index (χ0v) is 8.62. The lowest BCUT2D eigenvalue weighted by atomic mass is 9.90. The molecule has 0 bridgehead atoms. The van der Waals surface area contributed by atoms with Gasteiger partial charge in [0.25, 0.3) is 0 Å². The van der Waals surface area contributed by atoms with Gasteiger partial charge in [-0.1, -0.05) is 20.3 Å². The van der Waals surface area contributed by atoms with E-state index in [4.69, 9.17) is 5.73 Å². The molecule has 0 aromatic rings. The van der Waals surface area contributed by atoms with Gasteiger partial charge in [-0.2, -0.15) is 0 Å². The van der Waals surface area contributed by atoms with Crippen molar-refractivity contribution >= 4 is 6.03 Å². The maximum atomic E-state index is 11.1. The zero-order valence-electron chi connectivity index (χ0n) is 8.62. The summed E-state index contributed by atoms with van der Waals surface area (Å²) in [5.74, 6) is 0.577. The van der Waals surface area contributed by atoms with E-state index < -0.39 is 0 Å². The number of primary amides is 1. The Balaban J connectivity index is 2.61. The third-order valence-electron chi connectivity index (χ3n) is 3.13. The molecule has 2 amide bonds.